The number of nitriles is 1. The maximum absolute atomic E-state index is 12.0. The number of carbonyl (C=O) groups is 1. The maximum atomic E-state index is 12.0. The molecule has 0 spiro atoms. The van der Waals surface area contributed by atoms with Crippen LogP contribution in [-0.2, 0) is 0 Å². The summed E-state index contributed by atoms with van der Waals surface area (Å²) in [6.45, 7) is 0. The normalized spacial score (nSPS) is 18.5. The maximum Gasteiger partial charge on any atom is 0.252 e. The van der Waals surface area contributed by atoms with Gasteiger partial charge in [-0.1, -0.05) is 31.0 Å². The van der Waals surface area contributed by atoms with Crippen molar-refractivity contribution in [1.82, 2.24) is 9.97 Å². The van der Waals surface area contributed by atoms with Gasteiger partial charge in [-0.15, -0.1) is 0 Å². The van der Waals surface area contributed by atoms with E-state index in [9.17, 15) is 10.1 Å². The van der Waals surface area contributed by atoms with Gasteiger partial charge >= 0.3 is 0 Å². The van der Waals surface area contributed by atoms with Crippen LogP contribution in [0.15, 0.2) is 42.6 Å². The van der Waals surface area contributed by atoms with Crippen LogP contribution >= 0.6 is 0 Å². The van der Waals surface area contributed by atoms with E-state index in [1.54, 1.807) is 6.20 Å². The number of pyridine rings is 2. The molecule has 6 N–H and O–H groups in total. The Balaban J connectivity index is 1.71. The summed E-state index contributed by atoms with van der Waals surface area (Å²) in [6, 6.07) is 13.2. The fourth-order valence-corrected chi connectivity index (χ4v) is 3.78. The molecule has 2 atom stereocenters. The van der Waals surface area contributed by atoms with E-state index in [0.29, 0.717) is 11.5 Å². The first kappa shape index (κ1) is 19.6. The van der Waals surface area contributed by atoms with Crippen LogP contribution in [-0.4, -0.2) is 28.0 Å². The number of carbonyl (C=O) groups excluding carboxylic acids is 1. The fraction of sp³-hybridized carbons (Fsp3) is 0.273. The summed E-state index contributed by atoms with van der Waals surface area (Å²) < 4.78 is 0. The SMILES string of the molecule is N#Cc1cc(C(N)=O)c(Nc2cnc3ccccc3c2)nc1N[C@@H]1CCCC[C@@H]1N. The quantitative estimate of drug-likeness (QED) is 0.514. The van der Waals surface area contributed by atoms with E-state index in [-0.39, 0.29) is 29.0 Å². The number of amides is 1. The van der Waals surface area contributed by atoms with Crippen molar-refractivity contribution in [2.45, 2.75) is 37.8 Å². The van der Waals surface area contributed by atoms with Crippen LogP contribution in [0.4, 0.5) is 17.3 Å². The number of primary amides is 1. The second-order valence-electron chi connectivity index (χ2n) is 7.50. The smallest absolute Gasteiger partial charge is 0.252 e. The van der Waals surface area contributed by atoms with Gasteiger partial charge in [-0.05, 0) is 31.0 Å². The van der Waals surface area contributed by atoms with E-state index < -0.39 is 5.91 Å². The molecular weight excluding hydrogens is 378 g/mol. The van der Waals surface area contributed by atoms with Crippen molar-refractivity contribution in [2.24, 2.45) is 11.5 Å². The Kier molecular flexibility index (Phi) is 5.46. The Hall–Kier alpha value is -3.70. The van der Waals surface area contributed by atoms with Crippen LogP contribution in [0.25, 0.3) is 10.9 Å². The van der Waals surface area contributed by atoms with E-state index in [4.69, 9.17) is 11.5 Å². The molecule has 0 unspecified atom stereocenters. The lowest BCUT2D eigenvalue weighted by Gasteiger charge is -2.30. The Bertz CT molecular complexity index is 1140. The number of anilines is 3. The molecule has 8 heteroatoms. The number of hydrogen-bond donors (Lipinski definition) is 4. The lowest BCUT2D eigenvalue weighted by Crippen LogP contribution is -2.43. The van der Waals surface area contributed by atoms with Gasteiger partial charge in [-0.2, -0.15) is 5.26 Å². The van der Waals surface area contributed by atoms with Crippen molar-refractivity contribution >= 4 is 34.1 Å². The summed E-state index contributed by atoms with van der Waals surface area (Å²) in [5, 5.41) is 17.0. The highest BCUT2D eigenvalue weighted by Gasteiger charge is 2.24. The predicted molar refractivity (Wildman–Crippen MR) is 116 cm³/mol. The molecule has 1 aliphatic rings. The zero-order valence-corrected chi connectivity index (χ0v) is 16.4. The van der Waals surface area contributed by atoms with Crippen molar-refractivity contribution in [3.8, 4) is 6.07 Å². The molecule has 0 saturated heterocycles. The summed E-state index contributed by atoms with van der Waals surface area (Å²) in [7, 11) is 0. The average Bonchev–Trinajstić information content (AvgIpc) is 2.75. The molecule has 8 nitrogen and oxygen atoms in total. The number of nitrogens with two attached hydrogens (primary N) is 2. The molecule has 0 bridgehead atoms. The molecule has 152 valence electrons. The molecule has 1 amide bonds. The molecule has 30 heavy (non-hydrogen) atoms. The van der Waals surface area contributed by atoms with Crippen molar-refractivity contribution in [3.05, 3.63) is 53.7 Å². The predicted octanol–water partition coefficient (Wildman–Crippen LogP) is 3.03. The Morgan fingerprint density at radius 3 is 2.73 bits per heavy atom. The topological polar surface area (TPSA) is 143 Å². The first-order valence-electron chi connectivity index (χ1n) is 9.94. The van der Waals surface area contributed by atoms with Gasteiger partial charge in [0.1, 0.15) is 17.7 Å². The van der Waals surface area contributed by atoms with Gasteiger partial charge in [0, 0.05) is 17.5 Å². The monoisotopic (exact) mass is 401 g/mol. The van der Waals surface area contributed by atoms with Crippen LogP contribution in [0.3, 0.4) is 0 Å². The van der Waals surface area contributed by atoms with Crippen molar-refractivity contribution < 1.29 is 4.79 Å². The van der Waals surface area contributed by atoms with E-state index >= 15 is 0 Å². The van der Waals surface area contributed by atoms with Gasteiger partial charge in [0.05, 0.1) is 28.5 Å². The summed E-state index contributed by atoms with van der Waals surface area (Å²) in [5.74, 6) is -0.0114. The number of nitrogens with zero attached hydrogens (tertiary/aromatic N) is 3. The zero-order chi connectivity index (χ0) is 21.1. The van der Waals surface area contributed by atoms with Crippen molar-refractivity contribution in [3.63, 3.8) is 0 Å². The summed E-state index contributed by atoms with van der Waals surface area (Å²) in [6.07, 6.45) is 5.66. The summed E-state index contributed by atoms with van der Waals surface area (Å²) >= 11 is 0. The number of benzene rings is 1. The van der Waals surface area contributed by atoms with Gasteiger partial charge in [-0.3, -0.25) is 9.78 Å². The first-order valence-corrected chi connectivity index (χ1v) is 9.94. The molecule has 1 aromatic carbocycles. The third-order valence-corrected chi connectivity index (χ3v) is 5.40. The lowest BCUT2D eigenvalue weighted by atomic mass is 9.91. The third kappa shape index (κ3) is 4.02. The molecule has 4 rings (SSSR count). The Labute approximate surface area is 174 Å². The first-order chi connectivity index (χ1) is 14.5. The Morgan fingerprint density at radius 1 is 1.17 bits per heavy atom. The highest BCUT2D eigenvalue weighted by Crippen LogP contribution is 2.28. The molecule has 2 aromatic heterocycles. The second kappa shape index (κ2) is 8.35. The van der Waals surface area contributed by atoms with Gasteiger partial charge < -0.3 is 22.1 Å². The number of aromatic nitrogens is 2. The third-order valence-electron chi connectivity index (χ3n) is 5.40. The molecule has 2 heterocycles. The number of para-hydroxylation sites is 1. The number of nitrogens with one attached hydrogen (secondary N) is 2. The van der Waals surface area contributed by atoms with Gasteiger partial charge in [0.15, 0.2) is 0 Å². The van der Waals surface area contributed by atoms with Crippen molar-refractivity contribution in [2.75, 3.05) is 10.6 Å². The summed E-state index contributed by atoms with van der Waals surface area (Å²) in [4.78, 5) is 21.0. The number of hydrogen-bond acceptors (Lipinski definition) is 7. The molecule has 0 radical (unpaired) electrons. The van der Waals surface area contributed by atoms with Gasteiger partial charge in [0.2, 0.25) is 0 Å². The number of fused-ring (bicyclic) bond motifs is 1. The average molecular weight is 401 g/mol. The molecular formula is C22H23N7O. The minimum Gasteiger partial charge on any atom is -0.365 e. The van der Waals surface area contributed by atoms with E-state index in [1.807, 2.05) is 30.3 Å². The molecule has 1 fully saturated rings. The lowest BCUT2D eigenvalue weighted by molar-refractivity contribution is 0.100. The van der Waals surface area contributed by atoms with E-state index in [0.717, 1.165) is 36.6 Å². The van der Waals surface area contributed by atoms with Crippen molar-refractivity contribution in [1.29, 1.82) is 5.26 Å². The van der Waals surface area contributed by atoms with Crippen LogP contribution in [0.2, 0.25) is 0 Å². The highest BCUT2D eigenvalue weighted by atomic mass is 16.1. The minimum atomic E-state index is -0.670. The zero-order valence-electron chi connectivity index (χ0n) is 16.4. The van der Waals surface area contributed by atoms with Crippen LogP contribution in [0.1, 0.15) is 41.6 Å². The van der Waals surface area contributed by atoms with Crippen LogP contribution in [0.5, 0.6) is 0 Å². The van der Waals surface area contributed by atoms with Gasteiger partial charge in [-0.25, -0.2) is 4.98 Å². The summed E-state index contributed by atoms with van der Waals surface area (Å²) in [5.41, 5.74) is 13.7. The molecule has 3 aromatic rings. The van der Waals surface area contributed by atoms with E-state index in [1.165, 1.54) is 6.07 Å². The minimum absolute atomic E-state index is 0.0102. The van der Waals surface area contributed by atoms with Crippen LogP contribution in [0, 0.1) is 11.3 Å². The Morgan fingerprint density at radius 2 is 1.97 bits per heavy atom. The molecule has 1 saturated carbocycles. The largest absolute Gasteiger partial charge is 0.365 e. The second-order valence-corrected chi connectivity index (χ2v) is 7.50. The van der Waals surface area contributed by atoms with Crippen LogP contribution < -0.4 is 22.1 Å². The fourth-order valence-electron chi connectivity index (χ4n) is 3.78. The number of rotatable bonds is 5. The highest BCUT2D eigenvalue weighted by molar-refractivity contribution is 5.99. The molecule has 0 aliphatic heterocycles. The molecule has 1 aliphatic carbocycles. The van der Waals surface area contributed by atoms with Gasteiger partial charge in [0.25, 0.3) is 5.91 Å². The standard InChI is InChI=1S/C22H23N7O/c23-11-14-10-16(20(25)30)22(29-21(14)28-19-8-4-2-6-17(19)24)27-15-9-13-5-1-3-7-18(13)26-12-15/h1,3,5,7,9-10,12,17,19H,2,4,6,8,24H2,(H2,25,30)(H2,27,28,29)/t17-,19+/m0/s1. The van der Waals surface area contributed by atoms with E-state index in [2.05, 4.69) is 26.7 Å².